The van der Waals surface area contributed by atoms with Crippen molar-refractivity contribution in [2.24, 2.45) is 0 Å². The smallest absolute Gasteiger partial charge is 1.00 e. The zero-order chi connectivity index (χ0) is 36.0. The van der Waals surface area contributed by atoms with E-state index in [2.05, 4.69) is 87.6 Å². The molecule has 0 N–H and O–H groups in total. The molecule has 0 aliphatic rings. The number of benzene rings is 4. The van der Waals surface area contributed by atoms with Crippen LogP contribution in [0.4, 0.5) is 0 Å². The number of carbonyl (C=O) groups is 1. The Morgan fingerprint density at radius 2 is 1.12 bits per heavy atom. The van der Waals surface area contributed by atoms with Crippen LogP contribution in [0.15, 0.2) is 109 Å². The molecule has 6 nitrogen and oxygen atoms in total. The van der Waals surface area contributed by atoms with Gasteiger partial charge in [0.1, 0.15) is 5.60 Å². The average molecular weight is 760 g/mol. The number of hydroxylamine groups is 2. The minimum absolute atomic E-state index is 0. The Hall–Kier alpha value is -2.56. The van der Waals surface area contributed by atoms with E-state index in [0.29, 0.717) is 5.56 Å². The van der Waals surface area contributed by atoms with E-state index in [9.17, 15) is 4.79 Å². The van der Waals surface area contributed by atoms with Gasteiger partial charge in [0.15, 0.2) is 0 Å². The summed E-state index contributed by atoms with van der Waals surface area (Å²) in [7, 11) is 3.78. The van der Waals surface area contributed by atoms with Crippen molar-refractivity contribution >= 4 is 29.0 Å². The van der Waals surface area contributed by atoms with Crippen molar-refractivity contribution in [3.05, 3.63) is 148 Å². The molecule has 4 aromatic carbocycles. The molecule has 4 aromatic rings. The van der Waals surface area contributed by atoms with E-state index in [0.717, 1.165) is 24.2 Å². The maximum Gasteiger partial charge on any atom is 2.00 e. The van der Waals surface area contributed by atoms with Crippen molar-refractivity contribution in [1.82, 2.24) is 5.06 Å². The second kappa shape index (κ2) is 27.1. The Kier molecular flexibility index (Phi) is 26.9. The van der Waals surface area contributed by atoms with Crippen LogP contribution in [0.5, 0.6) is 0 Å². The van der Waals surface area contributed by atoms with Crippen LogP contribution in [0, 0.1) is 13.8 Å². The van der Waals surface area contributed by atoms with Gasteiger partial charge in [-0.2, -0.15) is 17.0 Å². The van der Waals surface area contributed by atoms with Crippen LogP contribution in [0.1, 0.15) is 93.1 Å². The quantitative estimate of drug-likeness (QED) is 0.101. The molecule has 8 heteroatoms. The summed E-state index contributed by atoms with van der Waals surface area (Å²) in [5, 5.41) is 5.88. The Labute approximate surface area is 330 Å². The van der Waals surface area contributed by atoms with E-state index in [1.807, 2.05) is 108 Å². The molecule has 0 saturated heterocycles. The average Bonchev–Trinajstić information content (AvgIpc) is 3.02. The minimum Gasteiger partial charge on any atom is -1.00 e. The van der Waals surface area contributed by atoms with E-state index < -0.39 is 11.6 Å². The normalized spacial score (nSPS) is 10.4. The molecule has 0 radical (unpaired) electrons. The summed E-state index contributed by atoms with van der Waals surface area (Å²) in [5.74, 6) is -0.439. The van der Waals surface area contributed by atoms with Crippen molar-refractivity contribution in [3.8, 4) is 0 Å². The Morgan fingerprint density at radius 3 is 1.52 bits per heavy atom. The van der Waals surface area contributed by atoms with Gasteiger partial charge in [-0.1, -0.05) is 128 Å². The summed E-state index contributed by atoms with van der Waals surface area (Å²) in [6, 6.07) is 36.8. The first-order valence-electron chi connectivity index (χ1n) is 16.7. The number of aryl methyl sites for hydroxylation is 3. The van der Waals surface area contributed by atoms with Crippen molar-refractivity contribution in [3.63, 3.8) is 0 Å². The zero-order valence-electron chi connectivity index (χ0n) is 32.3. The first kappa shape index (κ1) is 49.5. The third-order valence-corrected chi connectivity index (χ3v) is 6.30. The van der Waals surface area contributed by atoms with Crippen molar-refractivity contribution in [2.45, 2.75) is 99.4 Å². The number of rotatable bonds is 9. The van der Waals surface area contributed by atoms with Crippen LogP contribution >= 0.6 is 0 Å². The first-order chi connectivity index (χ1) is 22.6. The first-order valence-corrected chi connectivity index (χ1v) is 16.7. The summed E-state index contributed by atoms with van der Waals surface area (Å²) >= 11 is 0. The fourth-order valence-corrected chi connectivity index (χ4v) is 4.38. The van der Waals surface area contributed by atoms with Gasteiger partial charge in [0.2, 0.25) is 0 Å². The van der Waals surface area contributed by atoms with E-state index in [4.69, 9.17) is 14.6 Å². The number of hydrogen-bond acceptors (Lipinski definition) is 5. The van der Waals surface area contributed by atoms with Gasteiger partial charge in [0, 0.05) is 13.6 Å². The van der Waals surface area contributed by atoms with E-state index in [1.165, 1.54) is 29.5 Å². The summed E-state index contributed by atoms with van der Waals surface area (Å²) in [5.41, 5.74) is 5.73. The molecule has 0 atom stereocenters. The second-order valence-corrected chi connectivity index (χ2v) is 13.5. The molecule has 0 fully saturated rings. The van der Waals surface area contributed by atoms with Gasteiger partial charge >= 0.3 is 29.0 Å². The Morgan fingerprint density at radius 1 is 0.680 bits per heavy atom. The standard InChI is InChI=1S/C13H18O3.C12H19NO.C9H12.C8H10N.BrH.Mg/c1-9-7-6-8-10(2)11(9)12(14)15-16-13(3,4)5;1-12(2,3)14-13(4)10-11-8-6-5-7-9-11;1-2-6-9-7-4-3-5-8-9;1-9-7-8-5-3-2-4-6-8;;/h6-8H,1-5H3;5-9H,10H2,1-4H3;3-5,7-8H,2,6H2,1H3;2-6H,7H2,1H3;1H;/q;;;-1;;+2/p-1. The summed E-state index contributed by atoms with van der Waals surface area (Å²) < 4.78 is 0. The number of nitrogens with zero attached hydrogens (tertiary/aromatic N) is 2. The molecule has 0 saturated carbocycles. The molecule has 4 rings (SSSR count). The van der Waals surface area contributed by atoms with Crippen LogP contribution in [0.2, 0.25) is 0 Å². The Balaban J connectivity index is 0. The maximum absolute atomic E-state index is 11.8. The number of hydrogen-bond donors (Lipinski definition) is 0. The monoisotopic (exact) mass is 758 g/mol. The predicted octanol–water partition coefficient (Wildman–Crippen LogP) is 7.49. The van der Waals surface area contributed by atoms with Crippen LogP contribution in [-0.4, -0.2) is 59.4 Å². The Bertz CT molecular complexity index is 1350. The fraction of sp³-hybridized carbons (Fsp3) is 0.405. The molecular weight excluding hydrogens is 701 g/mol. The van der Waals surface area contributed by atoms with Crippen LogP contribution in [-0.2, 0) is 34.1 Å². The van der Waals surface area contributed by atoms with Gasteiger partial charge in [-0.3, -0.25) is 9.73 Å². The van der Waals surface area contributed by atoms with E-state index in [1.54, 1.807) is 0 Å². The SMILES string of the molecule is CCCc1ccccc1.CN(Cc1ccccc1)OC(C)(C)C.C[N-]Cc1ccccc1.Cc1cccc(C)c1C(=O)OOC(C)(C)C.[Br-].[Mg+2]. The maximum atomic E-state index is 11.8. The van der Waals surface area contributed by atoms with Crippen molar-refractivity contribution in [2.75, 3.05) is 14.1 Å². The molecular formula is C42H59BrMgN2O4. The zero-order valence-corrected chi connectivity index (χ0v) is 35.3. The summed E-state index contributed by atoms with van der Waals surface area (Å²) in [6.07, 6.45) is 2.45. The van der Waals surface area contributed by atoms with Crippen LogP contribution < -0.4 is 17.0 Å². The van der Waals surface area contributed by atoms with Gasteiger partial charge in [-0.15, -0.1) is 6.54 Å². The van der Waals surface area contributed by atoms with Crippen LogP contribution in [0.3, 0.4) is 0 Å². The van der Waals surface area contributed by atoms with Gasteiger partial charge in [0.05, 0.1) is 11.2 Å². The molecule has 0 unspecified atom stereocenters. The third-order valence-electron chi connectivity index (χ3n) is 6.30. The molecule has 0 aliphatic carbocycles. The van der Waals surface area contributed by atoms with Gasteiger partial charge < -0.3 is 22.3 Å². The third kappa shape index (κ3) is 24.6. The fourth-order valence-electron chi connectivity index (χ4n) is 4.38. The summed E-state index contributed by atoms with van der Waals surface area (Å²) in [4.78, 5) is 27.3. The molecule has 50 heavy (non-hydrogen) atoms. The number of carbonyl (C=O) groups excluding carboxylic acids is 1. The van der Waals surface area contributed by atoms with Crippen molar-refractivity contribution in [1.29, 1.82) is 0 Å². The second-order valence-electron chi connectivity index (χ2n) is 13.5. The van der Waals surface area contributed by atoms with E-state index in [-0.39, 0.29) is 45.6 Å². The van der Waals surface area contributed by atoms with Crippen molar-refractivity contribution < 1.29 is 36.4 Å². The predicted molar refractivity (Wildman–Crippen MR) is 207 cm³/mol. The van der Waals surface area contributed by atoms with Crippen LogP contribution in [0.25, 0.3) is 5.32 Å². The molecule has 0 bridgehead atoms. The summed E-state index contributed by atoms with van der Waals surface area (Å²) in [6.45, 7) is 19.2. The molecule has 270 valence electrons. The molecule has 0 aliphatic heterocycles. The molecule has 0 spiro atoms. The molecule has 0 aromatic heterocycles. The van der Waals surface area contributed by atoms with Gasteiger partial charge in [0.25, 0.3) is 0 Å². The van der Waals surface area contributed by atoms with Gasteiger partial charge in [-0.05, 0) is 84.1 Å². The topological polar surface area (TPSA) is 62.1 Å². The minimum atomic E-state index is -0.494. The van der Waals surface area contributed by atoms with Gasteiger partial charge in [-0.25, -0.2) is 4.79 Å². The largest absolute Gasteiger partial charge is 2.00 e. The molecule has 0 heterocycles. The number of halogens is 1. The van der Waals surface area contributed by atoms with E-state index >= 15 is 0 Å². The molecule has 0 amide bonds.